The van der Waals surface area contributed by atoms with Crippen LogP contribution in [0.1, 0.15) is 30.2 Å². The average molecular weight is 313 g/mol. The second-order valence-electron chi connectivity index (χ2n) is 4.98. The molecule has 0 aliphatic rings. The van der Waals surface area contributed by atoms with Crippen molar-refractivity contribution in [3.8, 4) is 0 Å². The maximum absolute atomic E-state index is 13.5. The fourth-order valence-corrected chi connectivity index (χ4v) is 2.16. The molecule has 0 fully saturated rings. The van der Waals surface area contributed by atoms with Gasteiger partial charge in [-0.2, -0.15) is 0 Å². The second-order valence-corrected chi connectivity index (χ2v) is 4.98. The van der Waals surface area contributed by atoms with E-state index < -0.39 is 41.0 Å². The summed E-state index contributed by atoms with van der Waals surface area (Å²) in [5.41, 5.74) is -0.105. The highest BCUT2D eigenvalue weighted by molar-refractivity contribution is 5.23. The van der Waals surface area contributed by atoms with Gasteiger partial charge in [0, 0.05) is 18.7 Å². The molecule has 2 atom stereocenters. The van der Waals surface area contributed by atoms with Crippen molar-refractivity contribution in [2.45, 2.75) is 19.1 Å². The number of aliphatic hydroxyl groups excluding tert-OH is 1. The lowest BCUT2D eigenvalue weighted by atomic mass is 10.1. The normalized spacial score (nSPS) is 13.9. The van der Waals surface area contributed by atoms with Gasteiger partial charge in [-0.05, 0) is 36.8 Å². The van der Waals surface area contributed by atoms with Crippen LogP contribution in [-0.4, -0.2) is 11.7 Å². The van der Waals surface area contributed by atoms with Crippen LogP contribution in [0, 0.1) is 23.3 Å². The summed E-state index contributed by atoms with van der Waals surface area (Å²) >= 11 is 0. The lowest BCUT2D eigenvalue weighted by molar-refractivity contribution is 0.161. The van der Waals surface area contributed by atoms with Gasteiger partial charge in [0.2, 0.25) is 0 Å². The first-order valence-corrected chi connectivity index (χ1v) is 6.70. The lowest BCUT2D eigenvalue weighted by Gasteiger charge is -2.18. The number of rotatable bonds is 5. The van der Waals surface area contributed by atoms with Gasteiger partial charge in [0.15, 0.2) is 0 Å². The second kappa shape index (κ2) is 6.89. The third-order valence-corrected chi connectivity index (χ3v) is 3.34. The summed E-state index contributed by atoms with van der Waals surface area (Å²) in [5.74, 6) is -3.13. The molecule has 118 valence electrons. The molecular weight excluding hydrogens is 298 g/mol. The summed E-state index contributed by atoms with van der Waals surface area (Å²) in [4.78, 5) is 0. The minimum absolute atomic E-state index is 0.169. The Kier molecular flexibility index (Phi) is 5.15. The Labute approximate surface area is 125 Å². The maximum atomic E-state index is 13.5. The van der Waals surface area contributed by atoms with Crippen LogP contribution in [0.15, 0.2) is 36.4 Å². The van der Waals surface area contributed by atoms with Crippen LogP contribution in [0.25, 0.3) is 0 Å². The zero-order valence-corrected chi connectivity index (χ0v) is 11.8. The molecule has 0 aliphatic heterocycles. The van der Waals surface area contributed by atoms with E-state index in [4.69, 9.17) is 0 Å². The van der Waals surface area contributed by atoms with Crippen LogP contribution < -0.4 is 5.32 Å². The average Bonchev–Trinajstić information content (AvgIpc) is 2.43. The van der Waals surface area contributed by atoms with E-state index in [9.17, 15) is 22.7 Å². The minimum atomic E-state index is -1.41. The predicted molar refractivity (Wildman–Crippen MR) is 74.1 cm³/mol. The number of aliphatic hydroxyl groups is 1. The van der Waals surface area contributed by atoms with Crippen molar-refractivity contribution in [1.29, 1.82) is 0 Å². The third kappa shape index (κ3) is 3.84. The Bertz CT molecular complexity index is 622. The molecule has 0 radical (unpaired) electrons. The molecule has 6 heteroatoms. The van der Waals surface area contributed by atoms with Crippen molar-refractivity contribution >= 4 is 0 Å². The summed E-state index contributed by atoms with van der Waals surface area (Å²) in [6.07, 6.45) is -1.41. The highest BCUT2D eigenvalue weighted by atomic mass is 19.1. The van der Waals surface area contributed by atoms with E-state index in [0.29, 0.717) is 5.56 Å². The van der Waals surface area contributed by atoms with E-state index in [1.807, 2.05) is 0 Å². The molecule has 2 aromatic carbocycles. The summed E-state index contributed by atoms with van der Waals surface area (Å²) in [5, 5.41) is 12.7. The van der Waals surface area contributed by atoms with E-state index in [1.54, 1.807) is 6.92 Å². The Hall–Kier alpha value is -1.92. The molecule has 0 spiro atoms. The van der Waals surface area contributed by atoms with Crippen LogP contribution in [0.2, 0.25) is 0 Å². The van der Waals surface area contributed by atoms with E-state index in [1.165, 1.54) is 6.07 Å². The van der Waals surface area contributed by atoms with E-state index in [0.717, 1.165) is 30.3 Å². The van der Waals surface area contributed by atoms with E-state index in [-0.39, 0.29) is 6.54 Å². The molecule has 2 rings (SSSR count). The maximum Gasteiger partial charge on any atom is 0.131 e. The third-order valence-electron chi connectivity index (χ3n) is 3.34. The predicted octanol–water partition coefficient (Wildman–Crippen LogP) is 3.63. The van der Waals surface area contributed by atoms with Crippen LogP contribution in [0.4, 0.5) is 17.6 Å². The first kappa shape index (κ1) is 16.5. The zero-order chi connectivity index (χ0) is 16.3. The van der Waals surface area contributed by atoms with Crippen molar-refractivity contribution in [3.05, 3.63) is 70.8 Å². The molecule has 0 amide bonds. The van der Waals surface area contributed by atoms with Crippen LogP contribution in [-0.2, 0) is 0 Å². The number of hydrogen-bond donors (Lipinski definition) is 2. The van der Waals surface area contributed by atoms with Gasteiger partial charge in [-0.1, -0.05) is 6.07 Å². The molecule has 0 aromatic heterocycles. The summed E-state index contributed by atoms with van der Waals surface area (Å²) in [6.45, 7) is 1.45. The molecule has 2 unspecified atom stereocenters. The van der Waals surface area contributed by atoms with Gasteiger partial charge in [0.05, 0.1) is 11.7 Å². The fourth-order valence-electron chi connectivity index (χ4n) is 2.16. The summed E-state index contributed by atoms with van der Waals surface area (Å²) < 4.78 is 53.3. The Balaban J connectivity index is 2.06. The van der Waals surface area contributed by atoms with E-state index in [2.05, 4.69) is 5.32 Å². The number of nitrogens with one attached hydrogen (secondary N) is 1. The Morgan fingerprint density at radius 3 is 2.09 bits per heavy atom. The summed E-state index contributed by atoms with van der Waals surface area (Å²) in [7, 11) is 0. The molecule has 0 heterocycles. The summed E-state index contributed by atoms with van der Waals surface area (Å²) in [6, 6.07) is 5.84. The van der Waals surface area contributed by atoms with Crippen molar-refractivity contribution < 1.29 is 22.7 Å². The van der Waals surface area contributed by atoms with Gasteiger partial charge >= 0.3 is 0 Å². The molecule has 2 N–H and O–H groups in total. The first-order valence-electron chi connectivity index (χ1n) is 6.70. The number of halogens is 4. The first-order chi connectivity index (χ1) is 10.4. The molecule has 0 aliphatic carbocycles. The van der Waals surface area contributed by atoms with Gasteiger partial charge in [-0.3, -0.25) is 0 Å². The molecule has 0 saturated carbocycles. The Morgan fingerprint density at radius 1 is 1.00 bits per heavy atom. The molecule has 2 nitrogen and oxygen atoms in total. The number of benzene rings is 2. The molecule has 0 saturated heterocycles. The van der Waals surface area contributed by atoms with Crippen molar-refractivity contribution in [1.82, 2.24) is 5.32 Å². The lowest BCUT2D eigenvalue weighted by Crippen LogP contribution is -2.26. The smallest absolute Gasteiger partial charge is 0.131 e. The quantitative estimate of drug-likeness (QED) is 0.826. The van der Waals surface area contributed by atoms with Gasteiger partial charge in [-0.25, -0.2) is 17.6 Å². The van der Waals surface area contributed by atoms with Gasteiger partial charge in [0.1, 0.15) is 23.3 Å². The van der Waals surface area contributed by atoms with Gasteiger partial charge < -0.3 is 10.4 Å². The molecule has 22 heavy (non-hydrogen) atoms. The monoisotopic (exact) mass is 313 g/mol. The topological polar surface area (TPSA) is 32.3 Å². The van der Waals surface area contributed by atoms with E-state index >= 15 is 0 Å². The largest absolute Gasteiger partial charge is 0.387 e. The molecule has 0 bridgehead atoms. The molecule has 2 aromatic rings. The van der Waals surface area contributed by atoms with Crippen LogP contribution >= 0.6 is 0 Å². The highest BCUT2D eigenvalue weighted by Crippen LogP contribution is 2.21. The SMILES string of the molecule is CC(NCC(O)c1c(F)cccc1F)c1cc(F)cc(F)c1. The fraction of sp³-hybridized carbons (Fsp3) is 0.250. The standard InChI is InChI=1S/C16H15F4NO/c1-9(10-5-11(17)7-12(18)6-10)21-8-15(22)16-13(19)3-2-4-14(16)20/h2-7,9,15,21-22H,8H2,1H3. The molecular formula is C16H15F4NO. The zero-order valence-electron chi connectivity index (χ0n) is 11.8. The van der Waals surface area contributed by atoms with Gasteiger partial charge in [0.25, 0.3) is 0 Å². The van der Waals surface area contributed by atoms with Crippen molar-refractivity contribution in [2.24, 2.45) is 0 Å². The van der Waals surface area contributed by atoms with Gasteiger partial charge in [-0.15, -0.1) is 0 Å². The minimum Gasteiger partial charge on any atom is -0.387 e. The van der Waals surface area contributed by atoms with Crippen LogP contribution in [0.3, 0.4) is 0 Å². The Morgan fingerprint density at radius 2 is 1.55 bits per heavy atom. The number of hydrogen-bond acceptors (Lipinski definition) is 2. The van der Waals surface area contributed by atoms with Crippen molar-refractivity contribution in [3.63, 3.8) is 0 Å². The highest BCUT2D eigenvalue weighted by Gasteiger charge is 2.18. The van der Waals surface area contributed by atoms with Crippen LogP contribution in [0.5, 0.6) is 0 Å². The van der Waals surface area contributed by atoms with Crippen molar-refractivity contribution in [2.75, 3.05) is 6.54 Å².